The Kier molecular flexibility index (Phi) is 5.52. The Morgan fingerprint density at radius 2 is 2.11 bits per heavy atom. The lowest BCUT2D eigenvalue weighted by atomic mass is 10.0. The van der Waals surface area contributed by atoms with Crippen molar-refractivity contribution in [1.29, 1.82) is 0 Å². The first-order valence-electron chi connectivity index (χ1n) is 6.99. The minimum atomic E-state index is 0.438. The quantitative estimate of drug-likeness (QED) is 0.716. The van der Waals surface area contributed by atoms with Gasteiger partial charge in [0.25, 0.3) is 0 Å². The molecule has 1 heterocycles. The van der Waals surface area contributed by atoms with Crippen LogP contribution in [0.2, 0.25) is 0 Å². The van der Waals surface area contributed by atoms with Crippen molar-refractivity contribution in [2.75, 3.05) is 13.7 Å². The maximum atomic E-state index is 5.97. The van der Waals surface area contributed by atoms with E-state index in [0.29, 0.717) is 5.92 Å². The van der Waals surface area contributed by atoms with Crippen LogP contribution >= 0.6 is 0 Å². The van der Waals surface area contributed by atoms with Crippen LogP contribution in [0.3, 0.4) is 0 Å². The molecule has 0 radical (unpaired) electrons. The molecule has 102 valence electrons. The Labute approximate surface area is 112 Å². The summed E-state index contributed by atoms with van der Waals surface area (Å²) in [5.74, 6) is 1.46. The summed E-state index contributed by atoms with van der Waals surface area (Å²) in [6.07, 6.45) is 6.40. The maximum Gasteiger partial charge on any atom is 0.138 e. The summed E-state index contributed by atoms with van der Waals surface area (Å²) in [6.45, 7) is 11.7. The molecule has 1 aliphatic heterocycles. The van der Waals surface area contributed by atoms with Crippen molar-refractivity contribution >= 4 is 0 Å². The smallest absolute Gasteiger partial charge is 0.138 e. The van der Waals surface area contributed by atoms with Crippen LogP contribution in [0.25, 0.3) is 0 Å². The monoisotopic (exact) mass is 249 g/mol. The molecule has 0 aliphatic carbocycles. The average Bonchev–Trinajstić information content (AvgIpc) is 2.47. The predicted octanol–water partition coefficient (Wildman–Crippen LogP) is 4.47. The van der Waals surface area contributed by atoms with E-state index in [0.717, 1.165) is 25.2 Å². The van der Waals surface area contributed by atoms with Crippen LogP contribution in [-0.2, 0) is 4.74 Å². The fraction of sp³-hybridized carbons (Fsp3) is 0.625. The van der Waals surface area contributed by atoms with E-state index in [1.165, 1.54) is 17.0 Å². The summed E-state index contributed by atoms with van der Waals surface area (Å²) >= 11 is 0. The highest BCUT2D eigenvalue weighted by Crippen LogP contribution is 2.32. The van der Waals surface area contributed by atoms with Crippen LogP contribution in [-0.4, -0.2) is 18.6 Å². The van der Waals surface area contributed by atoms with Crippen LogP contribution in [0.5, 0.6) is 0 Å². The van der Waals surface area contributed by atoms with Gasteiger partial charge in [0.1, 0.15) is 5.76 Å². The number of hydrogen-bond donors (Lipinski definition) is 0. The number of ether oxygens (including phenoxy) is 1. The first-order valence-corrected chi connectivity index (χ1v) is 6.99. The summed E-state index contributed by atoms with van der Waals surface area (Å²) in [5, 5.41) is 0. The van der Waals surface area contributed by atoms with Crippen LogP contribution in [0.1, 0.15) is 47.5 Å². The molecule has 0 spiro atoms. The lowest BCUT2D eigenvalue weighted by Crippen LogP contribution is -2.22. The summed E-state index contributed by atoms with van der Waals surface area (Å²) in [7, 11) is 2.15. The van der Waals surface area contributed by atoms with Crippen molar-refractivity contribution in [3.63, 3.8) is 0 Å². The number of nitrogens with zero attached hydrogens (tertiary/aromatic N) is 1. The molecule has 1 saturated heterocycles. The Bertz CT molecular complexity index is 377. The molecule has 2 heteroatoms. The third-order valence-corrected chi connectivity index (χ3v) is 3.56. The van der Waals surface area contributed by atoms with Gasteiger partial charge in [0.15, 0.2) is 0 Å². The van der Waals surface area contributed by atoms with Crippen molar-refractivity contribution in [1.82, 2.24) is 4.90 Å². The SMILES string of the molecule is CC=C1/C(=C\CC)OCC(C)/C(=C(\C)CC)N1C. The van der Waals surface area contributed by atoms with Gasteiger partial charge >= 0.3 is 0 Å². The number of allylic oxidation sites excluding steroid dienone is 3. The Hall–Kier alpha value is -1.18. The molecule has 1 rings (SSSR count). The molecular weight excluding hydrogens is 222 g/mol. The van der Waals surface area contributed by atoms with Crippen LogP contribution in [0, 0.1) is 5.92 Å². The molecule has 1 unspecified atom stereocenters. The third kappa shape index (κ3) is 2.98. The number of likely N-dealkylation sites (N-methyl/N-ethyl adjacent to an activating group) is 1. The zero-order chi connectivity index (χ0) is 13.7. The molecule has 0 aromatic heterocycles. The summed E-state index contributed by atoms with van der Waals surface area (Å²) in [6, 6.07) is 0. The second-order valence-electron chi connectivity index (χ2n) is 4.94. The van der Waals surface area contributed by atoms with Crippen molar-refractivity contribution in [2.24, 2.45) is 5.92 Å². The lowest BCUT2D eigenvalue weighted by molar-refractivity contribution is 0.198. The Morgan fingerprint density at radius 3 is 2.61 bits per heavy atom. The van der Waals surface area contributed by atoms with E-state index in [2.05, 4.69) is 58.7 Å². The van der Waals surface area contributed by atoms with Gasteiger partial charge in [-0.25, -0.2) is 0 Å². The van der Waals surface area contributed by atoms with Crippen molar-refractivity contribution < 1.29 is 4.74 Å². The van der Waals surface area contributed by atoms with Gasteiger partial charge in [0, 0.05) is 18.7 Å². The molecule has 0 bridgehead atoms. The second kappa shape index (κ2) is 6.67. The van der Waals surface area contributed by atoms with Crippen molar-refractivity contribution in [2.45, 2.75) is 47.5 Å². The molecule has 0 saturated carbocycles. The molecule has 1 fully saturated rings. The van der Waals surface area contributed by atoms with E-state index in [-0.39, 0.29) is 0 Å². The molecule has 18 heavy (non-hydrogen) atoms. The minimum Gasteiger partial charge on any atom is -0.491 e. The summed E-state index contributed by atoms with van der Waals surface area (Å²) in [5.41, 5.74) is 4.04. The number of hydrogen-bond acceptors (Lipinski definition) is 2. The third-order valence-electron chi connectivity index (χ3n) is 3.56. The summed E-state index contributed by atoms with van der Waals surface area (Å²) < 4.78 is 5.97. The van der Waals surface area contributed by atoms with E-state index in [1.54, 1.807) is 0 Å². The average molecular weight is 249 g/mol. The topological polar surface area (TPSA) is 12.5 Å². The highest BCUT2D eigenvalue weighted by Gasteiger charge is 2.25. The normalized spacial score (nSPS) is 28.3. The van der Waals surface area contributed by atoms with E-state index in [9.17, 15) is 0 Å². The zero-order valence-corrected chi connectivity index (χ0v) is 12.7. The molecular formula is C16H27NO. The molecule has 0 aromatic rings. The van der Waals surface area contributed by atoms with Gasteiger partial charge in [-0.15, -0.1) is 0 Å². The first-order chi connectivity index (χ1) is 8.56. The van der Waals surface area contributed by atoms with Gasteiger partial charge in [-0.2, -0.15) is 0 Å². The van der Waals surface area contributed by atoms with Crippen molar-refractivity contribution in [3.05, 3.63) is 34.9 Å². The van der Waals surface area contributed by atoms with E-state index < -0.39 is 0 Å². The van der Waals surface area contributed by atoms with Gasteiger partial charge in [0.2, 0.25) is 0 Å². The van der Waals surface area contributed by atoms with Crippen LogP contribution in [0.15, 0.2) is 34.9 Å². The Morgan fingerprint density at radius 1 is 1.44 bits per heavy atom. The fourth-order valence-corrected chi connectivity index (χ4v) is 2.57. The zero-order valence-electron chi connectivity index (χ0n) is 12.7. The predicted molar refractivity (Wildman–Crippen MR) is 78.0 cm³/mol. The summed E-state index contributed by atoms with van der Waals surface area (Å²) in [4.78, 5) is 2.30. The highest BCUT2D eigenvalue weighted by atomic mass is 16.5. The lowest BCUT2D eigenvalue weighted by Gasteiger charge is -2.27. The van der Waals surface area contributed by atoms with Crippen molar-refractivity contribution in [3.8, 4) is 0 Å². The maximum absolute atomic E-state index is 5.97. The van der Waals surface area contributed by atoms with Gasteiger partial charge in [-0.05, 0) is 32.8 Å². The Balaban J connectivity index is 3.25. The minimum absolute atomic E-state index is 0.438. The van der Waals surface area contributed by atoms with Gasteiger partial charge in [-0.1, -0.05) is 32.4 Å². The molecule has 0 aromatic carbocycles. The molecule has 1 atom stereocenters. The molecule has 1 aliphatic rings. The van der Waals surface area contributed by atoms with E-state index in [4.69, 9.17) is 4.74 Å². The van der Waals surface area contributed by atoms with E-state index in [1.807, 2.05) is 0 Å². The second-order valence-corrected chi connectivity index (χ2v) is 4.94. The molecule has 2 nitrogen and oxygen atoms in total. The van der Waals surface area contributed by atoms with E-state index >= 15 is 0 Å². The van der Waals surface area contributed by atoms with Crippen LogP contribution < -0.4 is 0 Å². The van der Waals surface area contributed by atoms with Gasteiger partial charge < -0.3 is 9.64 Å². The highest BCUT2D eigenvalue weighted by molar-refractivity contribution is 5.32. The largest absolute Gasteiger partial charge is 0.491 e. The van der Waals surface area contributed by atoms with Crippen LogP contribution in [0.4, 0.5) is 0 Å². The van der Waals surface area contributed by atoms with Gasteiger partial charge in [0.05, 0.1) is 12.3 Å². The molecule has 0 N–H and O–H groups in total. The number of rotatable bonds is 2. The fourth-order valence-electron chi connectivity index (χ4n) is 2.57. The first kappa shape index (κ1) is 14.9. The standard InChI is InChI=1S/C16H27NO/c1-7-10-15-14(9-3)17(6)16(12(4)8-2)13(5)11-18-15/h9-10,13H,7-8,11H2,1-6H3/b14-9?,15-10+,16-12-. The van der Waals surface area contributed by atoms with Gasteiger partial charge in [-0.3, -0.25) is 0 Å². The molecule has 0 amide bonds.